The minimum Gasteiger partial charge on any atom is -0.381 e. The Balaban J connectivity index is 1.57. The number of anilines is 1. The molecule has 0 amide bonds. The van der Waals surface area contributed by atoms with Gasteiger partial charge in [0.2, 0.25) is 10.0 Å². The van der Waals surface area contributed by atoms with Crippen molar-refractivity contribution in [2.75, 3.05) is 50.5 Å². The van der Waals surface area contributed by atoms with Crippen LogP contribution in [0.15, 0.2) is 24.3 Å². The molecule has 1 atom stereocenters. The molecule has 0 bridgehead atoms. The first-order valence-corrected chi connectivity index (χ1v) is 10.7. The highest BCUT2D eigenvalue weighted by Gasteiger charge is 2.45. The lowest BCUT2D eigenvalue weighted by Crippen LogP contribution is -2.47. The molecule has 6 heteroatoms. The molecule has 24 heavy (non-hydrogen) atoms. The second kappa shape index (κ2) is 6.00. The number of piperidine rings is 1. The van der Waals surface area contributed by atoms with E-state index in [0.717, 1.165) is 45.6 Å². The quantitative estimate of drug-likeness (QED) is 0.835. The highest BCUT2D eigenvalue weighted by atomic mass is 32.2. The fourth-order valence-corrected chi connectivity index (χ4v) is 5.45. The number of hydrogen-bond acceptors (Lipinski definition) is 4. The van der Waals surface area contributed by atoms with Crippen molar-refractivity contribution in [3.05, 3.63) is 29.8 Å². The summed E-state index contributed by atoms with van der Waals surface area (Å²) < 4.78 is 30.8. The van der Waals surface area contributed by atoms with Crippen molar-refractivity contribution in [3.63, 3.8) is 0 Å². The Morgan fingerprint density at radius 1 is 1.25 bits per heavy atom. The van der Waals surface area contributed by atoms with Crippen molar-refractivity contribution >= 4 is 15.7 Å². The fraction of sp³-hybridized carbons (Fsp3) is 0.667. The predicted octanol–water partition coefficient (Wildman–Crippen LogP) is 1.84. The second-order valence-corrected chi connectivity index (χ2v) is 9.55. The van der Waals surface area contributed by atoms with Crippen LogP contribution in [0.5, 0.6) is 0 Å². The lowest BCUT2D eigenvalue weighted by atomic mass is 9.75. The Morgan fingerprint density at radius 2 is 2.00 bits per heavy atom. The Kier molecular flexibility index (Phi) is 4.09. The first-order valence-electron chi connectivity index (χ1n) is 8.85. The van der Waals surface area contributed by atoms with Crippen molar-refractivity contribution in [1.29, 1.82) is 0 Å². The van der Waals surface area contributed by atoms with E-state index in [9.17, 15) is 8.42 Å². The summed E-state index contributed by atoms with van der Waals surface area (Å²) in [5.41, 5.74) is 2.87. The smallest absolute Gasteiger partial charge is 0.211 e. The Labute approximate surface area is 144 Å². The van der Waals surface area contributed by atoms with Gasteiger partial charge in [0.05, 0.1) is 12.9 Å². The minimum absolute atomic E-state index is 0.108. The number of nitrogens with zero attached hydrogens (tertiary/aromatic N) is 2. The van der Waals surface area contributed by atoms with Gasteiger partial charge in [0.25, 0.3) is 0 Å². The van der Waals surface area contributed by atoms with E-state index in [0.29, 0.717) is 19.0 Å². The van der Waals surface area contributed by atoms with E-state index in [-0.39, 0.29) is 5.41 Å². The number of para-hydroxylation sites is 1. The molecule has 5 nitrogen and oxygen atoms in total. The molecule has 0 aliphatic carbocycles. The van der Waals surface area contributed by atoms with Crippen LogP contribution in [0.25, 0.3) is 0 Å². The van der Waals surface area contributed by atoms with Crippen LogP contribution in [0.3, 0.4) is 0 Å². The number of sulfonamides is 1. The number of benzene rings is 1. The summed E-state index contributed by atoms with van der Waals surface area (Å²) in [7, 11) is -3.08. The largest absolute Gasteiger partial charge is 0.381 e. The zero-order valence-electron chi connectivity index (χ0n) is 14.3. The molecule has 3 heterocycles. The number of fused-ring (bicyclic) bond motifs is 2. The van der Waals surface area contributed by atoms with Crippen LogP contribution in [0.1, 0.15) is 24.8 Å². The molecule has 1 aromatic rings. The summed E-state index contributed by atoms with van der Waals surface area (Å²) in [5, 5.41) is 0. The van der Waals surface area contributed by atoms with Crippen LogP contribution in [-0.2, 0) is 20.2 Å². The highest BCUT2D eigenvalue weighted by molar-refractivity contribution is 7.88. The predicted molar refractivity (Wildman–Crippen MR) is 94.9 cm³/mol. The van der Waals surface area contributed by atoms with E-state index in [4.69, 9.17) is 4.74 Å². The molecule has 0 saturated carbocycles. The third-order valence-electron chi connectivity index (χ3n) is 5.96. The monoisotopic (exact) mass is 350 g/mol. The number of rotatable bonds is 3. The lowest BCUT2D eigenvalue weighted by molar-refractivity contribution is 0.186. The molecule has 0 aromatic heterocycles. The summed E-state index contributed by atoms with van der Waals surface area (Å²) in [6.45, 7) is 5.08. The van der Waals surface area contributed by atoms with Gasteiger partial charge in [-0.25, -0.2) is 12.7 Å². The molecule has 3 aliphatic rings. The van der Waals surface area contributed by atoms with Crippen LogP contribution >= 0.6 is 0 Å². The SMILES string of the molecule is CS(=O)(=O)N1CCC2(CC1)CN(CC1CCOC1)c1ccccc12. The highest BCUT2D eigenvalue weighted by Crippen LogP contribution is 2.47. The van der Waals surface area contributed by atoms with E-state index >= 15 is 0 Å². The van der Waals surface area contributed by atoms with Gasteiger partial charge in [-0.15, -0.1) is 0 Å². The van der Waals surface area contributed by atoms with Crippen LogP contribution in [-0.4, -0.2) is 58.4 Å². The van der Waals surface area contributed by atoms with Crippen LogP contribution in [0.4, 0.5) is 5.69 Å². The van der Waals surface area contributed by atoms with E-state index < -0.39 is 10.0 Å². The van der Waals surface area contributed by atoms with Crippen LogP contribution < -0.4 is 4.90 Å². The molecule has 0 N–H and O–H groups in total. The van der Waals surface area contributed by atoms with Crippen molar-refractivity contribution in [1.82, 2.24) is 4.31 Å². The van der Waals surface area contributed by atoms with Gasteiger partial charge >= 0.3 is 0 Å². The van der Waals surface area contributed by atoms with Crippen LogP contribution in [0.2, 0.25) is 0 Å². The molecular weight excluding hydrogens is 324 g/mol. The van der Waals surface area contributed by atoms with E-state index in [1.807, 2.05) is 0 Å². The Bertz CT molecular complexity index is 705. The summed E-state index contributed by atoms with van der Waals surface area (Å²) >= 11 is 0. The summed E-state index contributed by atoms with van der Waals surface area (Å²) in [5.74, 6) is 0.615. The van der Waals surface area contributed by atoms with Crippen LogP contribution in [0, 0.1) is 5.92 Å². The molecule has 1 spiro atoms. The van der Waals surface area contributed by atoms with Gasteiger partial charge in [-0.1, -0.05) is 18.2 Å². The zero-order chi connectivity index (χ0) is 16.8. The lowest BCUT2D eigenvalue weighted by Gasteiger charge is -2.39. The first-order chi connectivity index (χ1) is 11.5. The molecule has 4 rings (SSSR count). The first kappa shape index (κ1) is 16.4. The molecule has 2 saturated heterocycles. The molecule has 1 aromatic carbocycles. The van der Waals surface area contributed by atoms with E-state index in [2.05, 4.69) is 29.2 Å². The number of hydrogen-bond donors (Lipinski definition) is 0. The summed E-state index contributed by atoms with van der Waals surface area (Å²) in [6, 6.07) is 8.70. The van der Waals surface area contributed by atoms with Crippen molar-refractivity contribution in [2.45, 2.75) is 24.7 Å². The average molecular weight is 350 g/mol. The standard InChI is InChI=1S/C18H26N2O3S/c1-24(21,22)20-9-7-18(8-10-20)14-19(12-15-6-11-23-13-15)17-5-3-2-4-16(17)18/h2-5,15H,6-14H2,1H3. The zero-order valence-corrected chi connectivity index (χ0v) is 15.1. The maximum Gasteiger partial charge on any atom is 0.211 e. The normalized spacial score (nSPS) is 26.9. The second-order valence-electron chi connectivity index (χ2n) is 7.57. The van der Waals surface area contributed by atoms with Gasteiger partial charge in [-0.2, -0.15) is 0 Å². The minimum atomic E-state index is -3.08. The third kappa shape index (κ3) is 2.85. The van der Waals surface area contributed by atoms with Crippen molar-refractivity contribution < 1.29 is 13.2 Å². The summed E-state index contributed by atoms with van der Waals surface area (Å²) in [4.78, 5) is 2.52. The Morgan fingerprint density at radius 3 is 2.67 bits per heavy atom. The van der Waals surface area contributed by atoms with Gasteiger partial charge < -0.3 is 9.64 Å². The van der Waals surface area contributed by atoms with Crippen molar-refractivity contribution in [3.8, 4) is 0 Å². The summed E-state index contributed by atoms with van der Waals surface area (Å²) in [6.07, 6.45) is 4.29. The fourth-order valence-electron chi connectivity index (χ4n) is 4.61. The van der Waals surface area contributed by atoms with E-state index in [1.54, 1.807) is 4.31 Å². The molecule has 132 valence electrons. The van der Waals surface area contributed by atoms with Gasteiger partial charge in [0.15, 0.2) is 0 Å². The average Bonchev–Trinajstić information content (AvgIpc) is 3.16. The molecule has 0 radical (unpaired) electrons. The third-order valence-corrected chi connectivity index (χ3v) is 7.26. The van der Waals surface area contributed by atoms with Crippen molar-refractivity contribution in [2.24, 2.45) is 5.92 Å². The van der Waals surface area contributed by atoms with E-state index in [1.165, 1.54) is 17.5 Å². The van der Waals surface area contributed by atoms with Gasteiger partial charge in [0.1, 0.15) is 0 Å². The molecule has 2 fully saturated rings. The number of ether oxygens (including phenoxy) is 1. The van der Waals surface area contributed by atoms with Gasteiger partial charge in [-0.3, -0.25) is 0 Å². The Hall–Kier alpha value is -1.11. The molecule has 3 aliphatic heterocycles. The topological polar surface area (TPSA) is 49.9 Å². The van der Waals surface area contributed by atoms with Gasteiger partial charge in [-0.05, 0) is 30.9 Å². The molecule has 1 unspecified atom stereocenters. The maximum atomic E-state index is 11.8. The maximum absolute atomic E-state index is 11.8. The van der Waals surface area contributed by atoms with Gasteiger partial charge in [0, 0.05) is 49.8 Å². The molecular formula is C18H26N2O3S.